The number of carbonyl (C=O) groups excluding carboxylic acids is 1. The second-order valence-corrected chi connectivity index (χ2v) is 6.78. The summed E-state index contributed by atoms with van der Waals surface area (Å²) >= 11 is 1.66. The van der Waals surface area contributed by atoms with Crippen LogP contribution in [-0.4, -0.2) is 52.6 Å². The molecule has 2 unspecified atom stereocenters. The molecule has 5 heteroatoms. The molecule has 2 heterocycles. The van der Waals surface area contributed by atoms with E-state index >= 15 is 0 Å². The number of hydrogen-bond acceptors (Lipinski definition) is 4. The van der Waals surface area contributed by atoms with Gasteiger partial charge in [-0.25, -0.2) is 0 Å². The van der Waals surface area contributed by atoms with Crippen molar-refractivity contribution in [1.82, 2.24) is 9.80 Å². The Balaban J connectivity index is 1.96. The summed E-state index contributed by atoms with van der Waals surface area (Å²) in [6.45, 7) is 6.03. The van der Waals surface area contributed by atoms with Gasteiger partial charge in [0.1, 0.15) is 0 Å². The molecule has 1 fully saturated rings. The van der Waals surface area contributed by atoms with Crippen LogP contribution in [0.15, 0.2) is 16.8 Å². The van der Waals surface area contributed by atoms with Crippen molar-refractivity contribution < 1.29 is 9.90 Å². The Hall–Kier alpha value is -0.910. The highest BCUT2D eigenvalue weighted by Crippen LogP contribution is 2.23. The molecule has 1 saturated heterocycles. The molecule has 1 N–H and O–H groups in total. The normalized spacial score (nSPS) is 22.8. The van der Waals surface area contributed by atoms with E-state index in [1.165, 1.54) is 12.0 Å². The predicted molar refractivity (Wildman–Crippen MR) is 86.3 cm³/mol. The quantitative estimate of drug-likeness (QED) is 0.877. The fourth-order valence-corrected chi connectivity index (χ4v) is 3.84. The van der Waals surface area contributed by atoms with Gasteiger partial charge in [-0.05, 0) is 55.5 Å². The number of likely N-dealkylation sites (tertiary alicyclic amines) is 1. The average molecular weight is 310 g/mol. The number of rotatable bonds is 6. The van der Waals surface area contributed by atoms with E-state index in [0.29, 0.717) is 25.2 Å². The minimum Gasteiger partial charge on any atom is -0.395 e. The maximum absolute atomic E-state index is 12.6. The van der Waals surface area contributed by atoms with Crippen LogP contribution in [0.25, 0.3) is 0 Å². The summed E-state index contributed by atoms with van der Waals surface area (Å²) in [7, 11) is 0. The molecule has 2 atom stereocenters. The lowest BCUT2D eigenvalue weighted by Crippen LogP contribution is -2.51. The Morgan fingerprint density at radius 1 is 1.43 bits per heavy atom. The molecule has 118 valence electrons. The minimum atomic E-state index is 0.0858. The van der Waals surface area contributed by atoms with E-state index in [0.717, 1.165) is 19.4 Å². The number of aliphatic hydroxyl groups excluding tert-OH is 1. The fraction of sp³-hybridized carbons (Fsp3) is 0.688. The van der Waals surface area contributed by atoms with Crippen molar-refractivity contribution in [2.24, 2.45) is 0 Å². The molecule has 1 aromatic rings. The van der Waals surface area contributed by atoms with Crippen molar-refractivity contribution in [3.05, 3.63) is 22.4 Å². The third kappa shape index (κ3) is 4.53. The molecule has 21 heavy (non-hydrogen) atoms. The molecule has 0 bridgehead atoms. The van der Waals surface area contributed by atoms with Crippen LogP contribution >= 0.6 is 11.3 Å². The summed E-state index contributed by atoms with van der Waals surface area (Å²) in [5, 5.41) is 13.4. The van der Waals surface area contributed by atoms with E-state index in [4.69, 9.17) is 0 Å². The van der Waals surface area contributed by atoms with E-state index < -0.39 is 0 Å². The van der Waals surface area contributed by atoms with Crippen molar-refractivity contribution >= 4 is 17.2 Å². The molecule has 1 aliphatic heterocycles. The molecule has 4 nitrogen and oxygen atoms in total. The zero-order valence-electron chi connectivity index (χ0n) is 13.0. The standard InChI is InChI=1S/C16H26N2O2S/c1-13-4-3-5-14(2)18(13)16(20)11-17(7-8-19)10-15-6-9-21-12-15/h6,9,12-14,19H,3-5,7-8,10-11H2,1-2H3. The molecule has 1 aromatic heterocycles. The Morgan fingerprint density at radius 3 is 2.71 bits per heavy atom. The topological polar surface area (TPSA) is 43.8 Å². The molecular weight excluding hydrogens is 284 g/mol. The van der Waals surface area contributed by atoms with Gasteiger partial charge in [-0.3, -0.25) is 9.69 Å². The lowest BCUT2D eigenvalue weighted by molar-refractivity contribution is -0.138. The second-order valence-electron chi connectivity index (χ2n) is 6.00. The van der Waals surface area contributed by atoms with Crippen molar-refractivity contribution in [3.8, 4) is 0 Å². The smallest absolute Gasteiger partial charge is 0.237 e. The zero-order chi connectivity index (χ0) is 15.2. The second kappa shape index (κ2) is 7.92. The van der Waals surface area contributed by atoms with Gasteiger partial charge in [-0.2, -0.15) is 11.3 Å². The van der Waals surface area contributed by atoms with E-state index in [2.05, 4.69) is 25.3 Å². The van der Waals surface area contributed by atoms with Gasteiger partial charge in [-0.1, -0.05) is 0 Å². The Bertz CT molecular complexity index is 425. The van der Waals surface area contributed by atoms with Crippen LogP contribution in [0.2, 0.25) is 0 Å². The average Bonchev–Trinajstić information content (AvgIpc) is 2.91. The number of aliphatic hydroxyl groups is 1. The maximum Gasteiger partial charge on any atom is 0.237 e. The van der Waals surface area contributed by atoms with Crippen LogP contribution in [0.4, 0.5) is 0 Å². The molecule has 0 aromatic carbocycles. The Morgan fingerprint density at radius 2 is 2.14 bits per heavy atom. The lowest BCUT2D eigenvalue weighted by Gasteiger charge is -2.40. The van der Waals surface area contributed by atoms with Crippen molar-refractivity contribution in [2.45, 2.75) is 51.7 Å². The Labute approximate surface area is 131 Å². The van der Waals surface area contributed by atoms with Crippen LogP contribution in [0, 0.1) is 0 Å². The molecule has 0 spiro atoms. The van der Waals surface area contributed by atoms with Crippen molar-refractivity contribution in [3.63, 3.8) is 0 Å². The largest absolute Gasteiger partial charge is 0.395 e. The highest BCUT2D eigenvalue weighted by atomic mass is 32.1. The summed E-state index contributed by atoms with van der Waals surface area (Å²) < 4.78 is 0. The maximum atomic E-state index is 12.6. The third-order valence-corrected chi connectivity index (χ3v) is 4.97. The number of thiophene rings is 1. The highest BCUT2D eigenvalue weighted by Gasteiger charge is 2.29. The van der Waals surface area contributed by atoms with Gasteiger partial charge in [0.25, 0.3) is 0 Å². The first-order valence-corrected chi connectivity index (χ1v) is 8.71. The predicted octanol–water partition coefficient (Wildman–Crippen LogP) is 2.33. The van der Waals surface area contributed by atoms with Crippen LogP contribution < -0.4 is 0 Å². The van der Waals surface area contributed by atoms with Gasteiger partial charge in [0.15, 0.2) is 0 Å². The summed E-state index contributed by atoms with van der Waals surface area (Å²) in [5.74, 6) is 0.193. The van der Waals surface area contributed by atoms with Crippen molar-refractivity contribution in [1.29, 1.82) is 0 Å². The lowest BCUT2D eigenvalue weighted by atomic mass is 9.97. The third-order valence-electron chi connectivity index (χ3n) is 4.24. The van der Waals surface area contributed by atoms with Crippen LogP contribution in [0.3, 0.4) is 0 Å². The van der Waals surface area contributed by atoms with E-state index in [9.17, 15) is 9.90 Å². The number of amides is 1. The summed E-state index contributed by atoms with van der Waals surface area (Å²) in [6, 6.07) is 2.74. The molecule has 0 saturated carbocycles. The zero-order valence-corrected chi connectivity index (χ0v) is 13.8. The number of carbonyl (C=O) groups is 1. The van der Waals surface area contributed by atoms with E-state index in [1.807, 2.05) is 15.2 Å². The van der Waals surface area contributed by atoms with Crippen LogP contribution in [-0.2, 0) is 11.3 Å². The van der Waals surface area contributed by atoms with Crippen LogP contribution in [0.1, 0.15) is 38.7 Å². The summed E-state index contributed by atoms with van der Waals surface area (Å²) in [4.78, 5) is 16.7. The summed E-state index contributed by atoms with van der Waals surface area (Å²) in [5.41, 5.74) is 1.21. The molecule has 0 aliphatic carbocycles. The summed E-state index contributed by atoms with van der Waals surface area (Å²) in [6.07, 6.45) is 3.41. The van der Waals surface area contributed by atoms with Crippen molar-refractivity contribution in [2.75, 3.05) is 19.7 Å². The van der Waals surface area contributed by atoms with Gasteiger partial charge in [-0.15, -0.1) is 0 Å². The minimum absolute atomic E-state index is 0.0858. The van der Waals surface area contributed by atoms with Gasteiger partial charge < -0.3 is 10.0 Å². The molecule has 0 radical (unpaired) electrons. The van der Waals surface area contributed by atoms with Gasteiger partial charge in [0, 0.05) is 25.2 Å². The van der Waals surface area contributed by atoms with Crippen LogP contribution in [0.5, 0.6) is 0 Å². The molecular formula is C16H26N2O2S. The first-order chi connectivity index (χ1) is 10.1. The van der Waals surface area contributed by atoms with Gasteiger partial charge >= 0.3 is 0 Å². The van der Waals surface area contributed by atoms with E-state index in [1.54, 1.807) is 11.3 Å². The first kappa shape index (κ1) is 16.5. The number of hydrogen-bond donors (Lipinski definition) is 1. The molecule has 2 rings (SSSR count). The van der Waals surface area contributed by atoms with E-state index in [-0.39, 0.29) is 12.5 Å². The molecule has 1 amide bonds. The van der Waals surface area contributed by atoms with Gasteiger partial charge in [0.2, 0.25) is 5.91 Å². The highest BCUT2D eigenvalue weighted by molar-refractivity contribution is 7.07. The molecule has 1 aliphatic rings. The number of nitrogens with zero attached hydrogens (tertiary/aromatic N) is 2. The Kier molecular flexibility index (Phi) is 6.21. The SMILES string of the molecule is CC1CCCC(C)N1C(=O)CN(CCO)Cc1ccsc1. The first-order valence-electron chi connectivity index (χ1n) is 7.77. The fourth-order valence-electron chi connectivity index (χ4n) is 3.18. The number of piperidine rings is 1. The van der Waals surface area contributed by atoms with Gasteiger partial charge in [0.05, 0.1) is 13.2 Å². The monoisotopic (exact) mass is 310 g/mol.